The fourth-order valence-electron chi connectivity index (χ4n) is 2.93. The van der Waals surface area contributed by atoms with Crippen molar-refractivity contribution in [1.82, 2.24) is 14.7 Å². The zero-order chi connectivity index (χ0) is 21.4. The lowest BCUT2D eigenvalue weighted by Gasteiger charge is -2.10. The van der Waals surface area contributed by atoms with E-state index in [1.807, 2.05) is 74.8 Å². The Morgan fingerprint density at radius 2 is 2.07 bits per heavy atom. The third-order valence-electron chi connectivity index (χ3n) is 4.22. The van der Waals surface area contributed by atoms with E-state index in [0.29, 0.717) is 23.0 Å². The standard InChI is InChI=1S/C20H22ClN5O.C2H6/c1-13-10-15(7-8-18(13)27-4)24-12-23-11-17(22-3)19-14(2)25-20-16(21)6-5-9-26(19)20;1-2/h5-11,23-24H,3,12H2,1-2,4H3;1-2H3/b17-11-;. The molecule has 1 aromatic carbocycles. The van der Waals surface area contributed by atoms with Gasteiger partial charge in [-0.25, -0.2) is 4.98 Å². The number of imidazole rings is 1. The molecule has 29 heavy (non-hydrogen) atoms. The van der Waals surface area contributed by atoms with Crippen molar-refractivity contribution in [3.05, 3.63) is 64.7 Å². The number of aryl methyl sites for hydroxylation is 2. The molecular weight excluding hydrogens is 386 g/mol. The molecule has 0 unspecified atom stereocenters. The van der Waals surface area contributed by atoms with Gasteiger partial charge in [0.1, 0.15) is 11.4 Å². The number of hydrogen-bond acceptors (Lipinski definition) is 5. The Morgan fingerprint density at radius 3 is 2.72 bits per heavy atom. The molecule has 2 N–H and O–H groups in total. The van der Waals surface area contributed by atoms with Crippen LogP contribution < -0.4 is 15.4 Å². The van der Waals surface area contributed by atoms with Crippen molar-refractivity contribution in [3.63, 3.8) is 0 Å². The van der Waals surface area contributed by atoms with E-state index < -0.39 is 0 Å². The molecule has 0 fully saturated rings. The third kappa shape index (κ3) is 5.09. The van der Waals surface area contributed by atoms with Crippen LogP contribution in [-0.4, -0.2) is 29.9 Å². The van der Waals surface area contributed by atoms with E-state index in [9.17, 15) is 0 Å². The molecule has 0 spiro atoms. The zero-order valence-electron chi connectivity index (χ0n) is 17.6. The second-order valence-corrected chi connectivity index (χ2v) is 6.43. The van der Waals surface area contributed by atoms with Gasteiger partial charge in [0.25, 0.3) is 0 Å². The SMILES string of the molecule is C=N/C(=C\NCNc1ccc(OC)c(C)c1)c1c(C)nc2c(Cl)cccn12.CC. The second-order valence-electron chi connectivity index (χ2n) is 6.03. The quantitative estimate of drug-likeness (QED) is 0.313. The van der Waals surface area contributed by atoms with Crippen LogP contribution in [0.1, 0.15) is 30.8 Å². The second kappa shape index (κ2) is 10.5. The summed E-state index contributed by atoms with van der Waals surface area (Å²) in [6, 6.07) is 9.64. The number of fused-ring (bicyclic) bond motifs is 1. The summed E-state index contributed by atoms with van der Waals surface area (Å²) < 4.78 is 7.19. The van der Waals surface area contributed by atoms with Gasteiger partial charge >= 0.3 is 0 Å². The van der Waals surface area contributed by atoms with Crippen molar-refractivity contribution >= 4 is 35.4 Å². The molecule has 2 aromatic heterocycles. The number of methoxy groups -OCH3 is 1. The summed E-state index contributed by atoms with van der Waals surface area (Å²) in [5, 5.41) is 7.12. The maximum atomic E-state index is 6.24. The van der Waals surface area contributed by atoms with Crippen LogP contribution in [0.4, 0.5) is 5.69 Å². The lowest BCUT2D eigenvalue weighted by Crippen LogP contribution is -2.17. The van der Waals surface area contributed by atoms with E-state index >= 15 is 0 Å². The number of benzene rings is 1. The largest absolute Gasteiger partial charge is 0.496 e. The number of halogens is 1. The van der Waals surface area contributed by atoms with Crippen LogP contribution >= 0.6 is 11.6 Å². The maximum Gasteiger partial charge on any atom is 0.156 e. The highest BCUT2D eigenvalue weighted by Gasteiger charge is 2.14. The normalized spacial score (nSPS) is 10.9. The molecule has 0 aliphatic rings. The van der Waals surface area contributed by atoms with Crippen LogP contribution in [0.5, 0.6) is 5.75 Å². The molecule has 0 amide bonds. The summed E-state index contributed by atoms with van der Waals surface area (Å²) in [4.78, 5) is 8.68. The van der Waals surface area contributed by atoms with Gasteiger partial charge in [-0.1, -0.05) is 25.4 Å². The van der Waals surface area contributed by atoms with Crippen molar-refractivity contribution < 1.29 is 4.74 Å². The van der Waals surface area contributed by atoms with Crippen LogP contribution in [0.2, 0.25) is 5.02 Å². The van der Waals surface area contributed by atoms with Crippen LogP contribution in [0, 0.1) is 13.8 Å². The highest BCUT2D eigenvalue weighted by Crippen LogP contribution is 2.25. The lowest BCUT2D eigenvalue weighted by atomic mass is 10.2. The van der Waals surface area contributed by atoms with Gasteiger partial charge in [-0.05, 0) is 56.5 Å². The number of hydrogen-bond donors (Lipinski definition) is 2. The molecule has 0 aliphatic carbocycles. The van der Waals surface area contributed by atoms with Crippen LogP contribution in [-0.2, 0) is 0 Å². The van der Waals surface area contributed by atoms with E-state index in [-0.39, 0.29) is 0 Å². The Balaban J connectivity index is 0.00000145. The van der Waals surface area contributed by atoms with Crippen molar-refractivity contribution in [3.8, 4) is 5.75 Å². The molecule has 0 saturated heterocycles. The first-order chi connectivity index (χ1) is 14.0. The van der Waals surface area contributed by atoms with E-state index in [2.05, 4.69) is 27.3 Å². The van der Waals surface area contributed by atoms with Gasteiger partial charge in [0, 0.05) is 18.1 Å². The lowest BCUT2D eigenvalue weighted by molar-refractivity contribution is 0.412. The summed E-state index contributed by atoms with van der Waals surface area (Å²) in [5.41, 5.74) is 5.16. The Kier molecular flexibility index (Phi) is 8.09. The Bertz CT molecular complexity index is 1010. The highest BCUT2D eigenvalue weighted by molar-refractivity contribution is 6.33. The number of anilines is 1. The minimum Gasteiger partial charge on any atom is -0.496 e. The van der Waals surface area contributed by atoms with Crippen LogP contribution in [0.25, 0.3) is 11.3 Å². The van der Waals surface area contributed by atoms with Gasteiger partial charge in [0.05, 0.1) is 30.2 Å². The first-order valence-corrected chi connectivity index (χ1v) is 9.85. The van der Waals surface area contributed by atoms with E-state index in [0.717, 1.165) is 28.4 Å². The van der Waals surface area contributed by atoms with Gasteiger partial charge in [-0.15, -0.1) is 0 Å². The zero-order valence-corrected chi connectivity index (χ0v) is 18.3. The number of ether oxygens (including phenoxy) is 1. The number of rotatable bonds is 7. The predicted molar refractivity (Wildman–Crippen MR) is 123 cm³/mol. The molecule has 0 bridgehead atoms. The summed E-state index contributed by atoms with van der Waals surface area (Å²) in [6.07, 6.45) is 3.72. The van der Waals surface area contributed by atoms with E-state index in [1.54, 1.807) is 7.11 Å². The average Bonchev–Trinajstić information content (AvgIpc) is 3.07. The smallest absolute Gasteiger partial charge is 0.156 e. The van der Waals surface area contributed by atoms with Crippen molar-refractivity contribution in [2.24, 2.45) is 4.99 Å². The monoisotopic (exact) mass is 413 g/mol. The fourth-order valence-corrected chi connectivity index (χ4v) is 3.14. The number of aliphatic imine (C=N–C) groups is 1. The summed E-state index contributed by atoms with van der Waals surface area (Å²) in [5.74, 6) is 0.869. The summed E-state index contributed by atoms with van der Waals surface area (Å²) >= 11 is 6.24. The van der Waals surface area contributed by atoms with Gasteiger partial charge in [0.15, 0.2) is 5.65 Å². The third-order valence-corrected chi connectivity index (χ3v) is 4.51. The number of pyridine rings is 1. The Hall–Kier alpha value is -2.99. The van der Waals surface area contributed by atoms with Gasteiger partial charge in [-0.2, -0.15) is 0 Å². The van der Waals surface area contributed by atoms with Crippen LogP contribution in [0.15, 0.2) is 47.7 Å². The molecule has 0 atom stereocenters. The van der Waals surface area contributed by atoms with Gasteiger partial charge < -0.3 is 15.4 Å². The first-order valence-electron chi connectivity index (χ1n) is 9.47. The maximum absolute atomic E-state index is 6.24. The predicted octanol–water partition coefficient (Wildman–Crippen LogP) is 5.30. The number of nitrogens with one attached hydrogen (secondary N) is 2. The molecule has 154 valence electrons. The molecular formula is C22H28ClN5O. The average molecular weight is 414 g/mol. The minimum absolute atomic E-state index is 0.529. The van der Waals surface area contributed by atoms with Crippen LogP contribution in [0.3, 0.4) is 0 Å². The van der Waals surface area contributed by atoms with Crippen molar-refractivity contribution in [1.29, 1.82) is 0 Å². The Morgan fingerprint density at radius 1 is 1.31 bits per heavy atom. The molecule has 3 rings (SSSR count). The molecule has 3 aromatic rings. The Labute approximate surface area is 177 Å². The number of aromatic nitrogens is 2. The molecule has 6 nitrogen and oxygen atoms in total. The summed E-state index contributed by atoms with van der Waals surface area (Å²) in [6.45, 7) is 12.2. The molecule has 0 saturated carbocycles. The molecule has 0 aliphatic heterocycles. The molecule has 7 heteroatoms. The van der Waals surface area contributed by atoms with Crippen molar-refractivity contribution in [2.45, 2.75) is 27.7 Å². The van der Waals surface area contributed by atoms with E-state index in [1.165, 1.54) is 0 Å². The van der Waals surface area contributed by atoms with E-state index in [4.69, 9.17) is 16.3 Å². The fraction of sp³-hybridized carbons (Fsp3) is 0.273. The van der Waals surface area contributed by atoms with Gasteiger partial charge in [0.2, 0.25) is 0 Å². The molecule has 0 radical (unpaired) electrons. The summed E-state index contributed by atoms with van der Waals surface area (Å²) in [7, 11) is 1.67. The highest BCUT2D eigenvalue weighted by atomic mass is 35.5. The van der Waals surface area contributed by atoms with Crippen molar-refractivity contribution in [2.75, 3.05) is 19.1 Å². The number of nitrogens with zero attached hydrogens (tertiary/aromatic N) is 3. The van der Waals surface area contributed by atoms with Gasteiger partial charge in [-0.3, -0.25) is 9.39 Å². The molecule has 2 heterocycles. The minimum atomic E-state index is 0.529. The first kappa shape index (κ1) is 22.3. The topological polar surface area (TPSA) is 63.0 Å².